The Bertz CT molecular complexity index is 570. The lowest BCUT2D eigenvalue weighted by atomic mass is 10.0. The highest BCUT2D eigenvalue weighted by Gasteiger charge is 2.32. The van der Waals surface area contributed by atoms with Crippen LogP contribution in [0.25, 0.3) is 0 Å². The maximum Gasteiger partial charge on any atom is 0.248 e. The molecule has 3 aliphatic rings. The van der Waals surface area contributed by atoms with E-state index in [9.17, 15) is 14.4 Å². The van der Waals surface area contributed by atoms with E-state index < -0.39 is 0 Å². The number of morpholine rings is 1. The van der Waals surface area contributed by atoms with Gasteiger partial charge in [-0.1, -0.05) is 0 Å². The molecule has 0 aliphatic carbocycles. The lowest BCUT2D eigenvalue weighted by molar-refractivity contribution is -0.149. The molecule has 0 radical (unpaired) electrons. The summed E-state index contributed by atoms with van der Waals surface area (Å²) in [5.74, 6) is 0.813. The van der Waals surface area contributed by atoms with E-state index in [0.717, 1.165) is 39.0 Å². The monoisotopic (exact) mass is 380 g/mol. The van der Waals surface area contributed by atoms with E-state index >= 15 is 0 Å². The normalized spacial score (nSPS) is 27.8. The second-order valence-corrected chi connectivity index (χ2v) is 7.94. The van der Waals surface area contributed by atoms with Gasteiger partial charge in [-0.15, -0.1) is 0 Å². The summed E-state index contributed by atoms with van der Waals surface area (Å²) in [6, 6.07) is 0. The van der Waals surface area contributed by atoms with Crippen LogP contribution in [-0.4, -0.2) is 109 Å². The second-order valence-electron chi connectivity index (χ2n) is 7.94. The Balaban J connectivity index is 1.37. The Hall–Kier alpha value is -1.67. The Morgan fingerprint density at radius 1 is 0.963 bits per heavy atom. The molecule has 8 heteroatoms. The zero-order valence-electron chi connectivity index (χ0n) is 16.6. The predicted octanol–water partition coefficient (Wildman–Crippen LogP) is -0.364. The topological polar surface area (TPSA) is 73.4 Å². The first-order valence-corrected chi connectivity index (χ1v) is 10.1. The van der Waals surface area contributed by atoms with Crippen LogP contribution in [0, 0.1) is 5.92 Å². The van der Waals surface area contributed by atoms with Crippen molar-refractivity contribution >= 4 is 17.7 Å². The molecule has 0 aromatic rings. The van der Waals surface area contributed by atoms with Crippen molar-refractivity contribution in [3.63, 3.8) is 0 Å². The van der Waals surface area contributed by atoms with Gasteiger partial charge in [-0.25, -0.2) is 0 Å². The molecule has 3 saturated heterocycles. The van der Waals surface area contributed by atoms with Gasteiger partial charge in [0, 0.05) is 52.7 Å². The molecule has 0 aromatic carbocycles. The van der Waals surface area contributed by atoms with Gasteiger partial charge in [0.05, 0.1) is 12.6 Å². The van der Waals surface area contributed by atoms with E-state index in [0.29, 0.717) is 38.5 Å². The number of piperazine rings is 1. The van der Waals surface area contributed by atoms with E-state index in [-0.39, 0.29) is 30.4 Å². The molecule has 3 rings (SSSR count). The van der Waals surface area contributed by atoms with Crippen LogP contribution in [0.2, 0.25) is 0 Å². The van der Waals surface area contributed by atoms with Crippen LogP contribution in [-0.2, 0) is 19.1 Å². The zero-order chi connectivity index (χ0) is 19.4. The molecular formula is C19H32N4O4. The van der Waals surface area contributed by atoms with Crippen LogP contribution >= 0.6 is 0 Å². The number of likely N-dealkylation sites (N-methyl/N-ethyl adjacent to an activating group) is 2. The molecular weight excluding hydrogens is 348 g/mol. The average Bonchev–Trinajstić information content (AvgIpc) is 3.01. The van der Waals surface area contributed by atoms with Gasteiger partial charge in [0.1, 0.15) is 6.61 Å². The molecule has 27 heavy (non-hydrogen) atoms. The number of carbonyl (C=O) groups excluding carboxylic acids is 3. The maximum absolute atomic E-state index is 12.3. The third-order valence-electron chi connectivity index (χ3n) is 6.01. The fraction of sp³-hybridized carbons (Fsp3) is 0.842. The van der Waals surface area contributed by atoms with Gasteiger partial charge in [-0.05, 0) is 32.2 Å². The molecule has 0 N–H and O–H groups in total. The minimum absolute atomic E-state index is 0.0193. The number of hydrogen-bond donors (Lipinski definition) is 0. The van der Waals surface area contributed by atoms with Crippen molar-refractivity contribution in [1.29, 1.82) is 0 Å². The Morgan fingerprint density at radius 2 is 1.78 bits per heavy atom. The molecule has 2 unspecified atom stereocenters. The minimum atomic E-state index is 0.0193. The Morgan fingerprint density at radius 3 is 2.52 bits per heavy atom. The predicted molar refractivity (Wildman–Crippen MR) is 100.0 cm³/mol. The van der Waals surface area contributed by atoms with Crippen LogP contribution in [0.3, 0.4) is 0 Å². The number of rotatable bonds is 7. The van der Waals surface area contributed by atoms with Gasteiger partial charge >= 0.3 is 0 Å². The van der Waals surface area contributed by atoms with Crippen molar-refractivity contribution in [3.8, 4) is 0 Å². The van der Waals surface area contributed by atoms with Crippen LogP contribution in [0.15, 0.2) is 0 Å². The second kappa shape index (κ2) is 9.01. The molecule has 0 saturated carbocycles. The molecule has 0 bridgehead atoms. The number of amides is 3. The van der Waals surface area contributed by atoms with Gasteiger partial charge in [-0.3, -0.25) is 19.3 Å². The summed E-state index contributed by atoms with van der Waals surface area (Å²) in [5, 5.41) is 0. The van der Waals surface area contributed by atoms with E-state index in [1.54, 1.807) is 4.90 Å². The first kappa shape index (κ1) is 20.1. The largest absolute Gasteiger partial charge is 0.366 e. The van der Waals surface area contributed by atoms with Gasteiger partial charge in [0.2, 0.25) is 17.7 Å². The van der Waals surface area contributed by atoms with Gasteiger partial charge < -0.3 is 19.4 Å². The van der Waals surface area contributed by atoms with Crippen molar-refractivity contribution < 1.29 is 19.1 Å². The van der Waals surface area contributed by atoms with Gasteiger partial charge in [0.25, 0.3) is 0 Å². The lowest BCUT2D eigenvalue weighted by Crippen LogP contribution is -2.48. The average molecular weight is 380 g/mol. The number of hydrogen-bond acceptors (Lipinski definition) is 5. The van der Waals surface area contributed by atoms with Crippen LogP contribution in [0.1, 0.15) is 26.2 Å². The van der Waals surface area contributed by atoms with Crippen LogP contribution in [0.4, 0.5) is 0 Å². The Kier molecular flexibility index (Phi) is 6.70. The van der Waals surface area contributed by atoms with Gasteiger partial charge in [0.15, 0.2) is 0 Å². The molecule has 8 nitrogen and oxygen atoms in total. The summed E-state index contributed by atoms with van der Waals surface area (Å²) in [4.78, 5) is 43.5. The molecule has 152 valence electrons. The third-order valence-corrected chi connectivity index (χ3v) is 6.01. The highest BCUT2D eigenvalue weighted by molar-refractivity contribution is 5.79. The van der Waals surface area contributed by atoms with Crippen molar-refractivity contribution in [2.75, 3.05) is 66.0 Å². The molecule has 0 aromatic heterocycles. The summed E-state index contributed by atoms with van der Waals surface area (Å²) in [7, 11) is 1.85. The van der Waals surface area contributed by atoms with Crippen molar-refractivity contribution in [2.45, 2.75) is 32.3 Å². The molecule has 3 fully saturated rings. The van der Waals surface area contributed by atoms with Crippen molar-refractivity contribution in [3.05, 3.63) is 0 Å². The van der Waals surface area contributed by atoms with Crippen molar-refractivity contribution in [1.82, 2.24) is 19.6 Å². The van der Waals surface area contributed by atoms with E-state index in [4.69, 9.17) is 4.74 Å². The number of nitrogens with zero attached hydrogens (tertiary/aromatic N) is 4. The SMILES string of the molecule is CCN1CC(CCN2CC(CCN3CCN(C)C(=O)C3)CC2=O)OCC1=O. The van der Waals surface area contributed by atoms with Crippen molar-refractivity contribution in [2.24, 2.45) is 5.92 Å². The van der Waals surface area contributed by atoms with Gasteiger partial charge in [-0.2, -0.15) is 0 Å². The highest BCUT2D eigenvalue weighted by atomic mass is 16.5. The minimum Gasteiger partial charge on any atom is -0.366 e. The number of likely N-dealkylation sites (tertiary alicyclic amines) is 1. The highest BCUT2D eigenvalue weighted by Crippen LogP contribution is 2.22. The fourth-order valence-corrected chi connectivity index (χ4v) is 4.09. The summed E-state index contributed by atoms with van der Waals surface area (Å²) in [6.45, 7) is 8.02. The summed E-state index contributed by atoms with van der Waals surface area (Å²) in [5.41, 5.74) is 0. The summed E-state index contributed by atoms with van der Waals surface area (Å²) < 4.78 is 5.62. The van der Waals surface area contributed by atoms with Crippen LogP contribution < -0.4 is 0 Å². The third kappa shape index (κ3) is 5.19. The quantitative estimate of drug-likeness (QED) is 0.603. The zero-order valence-corrected chi connectivity index (χ0v) is 16.6. The molecule has 3 amide bonds. The van der Waals surface area contributed by atoms with Crippen LogP contribution in [0.5, 0.6) is 0 Å². The summed E-state index contributed by atoms with van der Waals surface area (Å²) in [6.07, 6.45) is 2.35. The molecule has 3 aliphatic heterocycles. The standard InChI is InChI=1S/C19H32N4O4/c1-3-22-12-16(27-14-19(22)26)5-7-23-11-15(10-17(23)24)4-6-21-9-8-20(2)18(25)13-21/h15-16H,3-14H2,1-2H3. The lowest BCUT2D eigenvalue weighted by Gasteiger charge is -2.33. The molecule has 0 spiro atoms. The number of ether oxygens (including phenoxy) is 1. The first-order chi connectivity index (χ1) is 13.0. The number of carbonyl (C=O) groups is 3. The Labute approximate surface area is 161 Å². The molecule has 2 atom stereocenters. The maximum atomic E-state index is 12.3. The smallest absolute Gasteiger partial charge is 0.248 e. The van der Waals surface area contributed by atoms with E-state index in [1.807, 2.05) is 23.8 Å². The first-order valence-electron chi connectivity index (χ1n) is 10.1. The fourth-order valence-electron chi connectivity index (χ4n) is 4.09. The molecule has 3 heterocycles. The van der Waals surface area contributed by atoms with E-state index in [2.05, 4.69) is 4.90 Å². The van der Waals surface area contributed by atoms with E-state index in [1.165, 1.54) is 0 Å². The summed E-state index contributed by atoms with van der Waals surface area (Å²) >= 11 is 0.